The Morgan fingerprint density at radius 1 is 1.25 bits per heavy atom. The second-order valence-corrected chi connectivity index (χ2v) is 9.60. The number of unbranched alkanes of at least 4 members (excludes halogenated alkanes) is 1. The van der Waals surface area contributed by atoms with Gasteiger partial charge < -0.3 is 20.1 Å². The summed E-state index contributed by atoms with van der Waals surface area (Å²) in [6, 6.07) is 0. The van der Waals surface area contributed by atoms with E-state index in [2.05, 4.69) is 11.7 Å². The van der Waals surface area contributed by atoms with Crippen LogP contribution in [0.25, 0.3) is 0 Å². The Balaban J connectivity index is 1.78. The maximum absolute atomic E-state index is 11.1. The summed E-state index contributed by atoms with van der Waals surface area (Å²) in [6.45, 7) is 2.10. The highest BCUT2D eigenvalue weighted by Gasteiger charge is 2.43. The number of carbonyl (C=O) groups is 1. The molecule has 3 N–H and O–H groups in total. The Labute approximate surface area is 173 Å². The van der Waals surface area contributed by atoms with Crippen molar-refractivity contribution in [2.45, 2.75) is 82.5 Å². The van der Waals surface area contributed by atoms with Gasteiger partial charge in [-0.15, -0.1) is 0 Å². The zero-order valence-corrected chi connectivity index (χ0v) is 18.2. The molecule has 0 aromatic rings. The summed E-state index contributed by atoms with van der Waals surface area (Å²) < 4.78 is 4.63. The molecule has 1 unspecified atom stereocenters. The van der Waals surface area contributed by atoms with Gasteiger partial charge in [-0.2, -0.15) is 11.8 Å². The Morgan fingerprint density at radius 3 is 2.64 bits per heavy atom. The molecule has 2 aliphatic rings. The lowest BCUT2D eigenvalue weighted by Gasteiger charge is -2.27. The molecule has 2 rings (SSSR count). The van der Waals surface area contributed by atoms with Gasteiger partial charge in [0.15, 0.2) is 0 Å². The van der Waals surface area contributed by atoms with Gasteiger partial charge in [-0.1, -0.05) is 31.9 Å². The molecule has 162 valence electrons. The molecule has 0 amide bonds. The maximum atomic E-state index is 11.1. The molecular formula is C22H38O5S. The third-order valence-corrected chi connectivity index (χ3v) is 7.31. The zero-order valence-electron chi connectivity index (χ0n) is 17.4. The summed E-state index contributed by atoms with van der Waals surface area (Å²) in [6.07, 6.45) is 11.0. The Bertz CT molecular complexity index is 507. The third-order valence-electron chi connectivity index (χ3n) is 6.29. The quantitative estimate of drug-likeness (QED) is 0.243. The van der Waals surface area contributed by atoms with Crippen molar-refractivity contribution in [1.29, 1.82) is 0 Å². The van der Waals surface area contributed by atoms with E-state index in [1.54, 1.807) is 11.8 Å². The number of rotatable bonds is 13. The lowest BCUT2D eigenvalue weighted by atomic mass is 9.85. The maximum Gasteiger partial charge on any atom is 0.315 e. The first-order valence-electron chi connectivity index (χ1n) is 10.8. The lowest BCUT2D eigenvalue weighted by molar-refractivity contribution is -0.137. The minimum atomic E-state index is -0.597. The van der Waals surface area contributed by atoms with Gasteiger partial charge in [-0.25, -0.2) is 0 Å². The number of esters is 1. The number of thioether (sulfide) groups is 1. The molecule has 0 bridgehead atoms. The van der Waals surface area contributed by atoms with Crippen LogP contribution in [0.1, 0.15) is 64.7 Å². The molecule has 2 aliphatic carbocycles. The molecule has 28 heavy (non-hydrogen) atoms. The van der Waals surface area contributed by atoms with Crippen molar-refractivity contribution in [3.8, 4) is 0 Å². The monoisotopic (exact) mass is 414 g/mol. The summed E-state index contributed by atoms with van der Waals surface area (Å²) in [7, 11) is 1.40. The fourth-order valence-electron chi connectivity index (χ4n) is 4.53. The lowest BCUT2D eigenvalue weighted by Crippen LogP contribution is -2.30. The molecule has 0 spiro atoms. The van der Waals surface area contributed by atoms with Crippen LogP contribution in [0.3, 0.4) is 0 Å². The number of hydrogen-bond donors (Lipinski definition) is 3. The van der Waals surface area contributed by atoms with Crippen molar-refractivity contribution in [2.75, 3.05) is 18.6 Å². The Morgan fingerprint density at radius 2 is 2.00 bits per heavy atom. The minimum Gasteiger partial charge on any atom is -0.468 e. The summed E-state index contributed by atoms with van der Waals surface area (Å²) >= 11 is 1.57. The molecule has 0 radical (unpaired) electrons. The largest absolute Gasteiger partial charge is 0.468 e. The number of methoxy groups -OCH3 is 1. The van der Waals surface area contributed by atoms with E-state index in [9.17, 15) is 20.1 Å². The van der Waals surface area contributed by atoms with E-state index in [0.717, 1.165) is 50.7 Å². The Hall–Kier alpha value is -0.560. The predicted molar refractivity (Wildman–Crippen MR) is 113 cm³/mol. The number of ether oxygens (including phenoxy) is 1. The topological polar surface area (TPSA) is 87.0 Å². The van der Waals surface area contributed by atoms with E-state index in [-0.39, 0.29) is 17.8 Å². The highest BCUT2D eigenvalue weighted by molar-refractivity contribution is 7.99. The number of hydrogen-bond acceptors (Lipinski definition) is 6. The van der Waals surface area contributed by atoms with Crippen LogP contribution in [0.2, 0.25) is 0 Å². The first-order valence-corrected chi connectivity index (χ1v) is 12.0. The molecule has 5 nitrogen and oxygen atoms in total. The van der Waals surface area contributed by atoms with Crippen LogP contribution in [-0.4, -0.2) is 57.7 Å². The molecule has 0 heterocycles. The SMILES string of the molecule is CCCC(O)(CC=C[C@@H]1[C@@H](CCCCSCC(=O)OC)[C@H](O)C[C@H]1O)C1CC1. The fourth-order valence-corrected chi connectivity index (χ4v) is 5.37. The average Bonchev–Trinajstić information content (AvgIpc) is 3.47. The highest BCUT2D eigenvalue weighted by Crippen LogP contribution is 2.44. The first-order chi connectivity index (χ1) is 13.4. The van der Waals surface area contributed by atoms with E-state index in [1.165, 1.54) is 7.11 Å². The van der Waals surface area contributed by atoms with Gasteiger partial charge in [0.05, 0.1) is 30.7 Å². The van der Waals surface area contributed by atoms with Crippen LogP contribution < -0.4 is 0 Å². The highest BCUT2D eigenvalue weighted by atomic mass is 32.2. The van der Waals surface area contributed by atoms with Crippen molar-refractivity contribution in [1.82, 2.24) is 0 Å². The summed E-state index contributed by atoms with van der Waals surface area (Å²) in [5.74, 6) is 1.54. The molecular weight excluding hydrogens is 376 g/mol. The van der Waals surface area contributed by atoms with E-state index < -0.39 is 17.8 Å². The molecule has 0 aliphatic heterocycles. The second kappa shape index (κ2) is 11.6. The normalized spacial score (nSPS) is 29.9. The van der Waals surface area contributed by atoms with Gasteiger partial charge in [-0.3, -0.25) is 4.79 Å². The third kappa shape index (κ3) is 7.05. The van der Waals surface area contributed by atoms with E-state index in [4.69, 9.17) is 0 Å². The van der Waals surface area contributed by atoms with Gasteiger partial charge >= 0.3 is 5.97 Å². The Kier molecular flexibility index (Phi) is 9.81. The van der Waals surface area contributed by atoms with Crippen molar-refractivity contribution in [2.24, 2.45) is 17.8 Å². The van der Waals surface area contributed by atoms with E-state index >= 15 is 0 Å². The summed E-state index contributed by atoms with van der Waals surface area (Å²) in [4.78, 5) is 11.1. The summed E-state index contributed by atoms with van der Waals surface area (Å²) in [5.41, 5.74) is -0.597. The molecule has 0 aromatic carbocycles. The van der Waals surface area contributed by atoms with Crippen LogP contribution in [0.15, 0.2) is 12.2 Å². The number of aliphatic hydroxyl groups is 3. The molecule has 5 atom stereocenters. The van der Waals surface area contributed by atoms with Gasteiger partial charge in [0.1, 0.15) is 0 Å². The van der Waals surface area contributed by atoms with E-state index in [0.29, 0.717) is 24.5 Å². The van der Waals surface area contributed by atoms with Gasteiger partial charge in [0.25, 0.3) is 0 Å². The van der Waals surface area contributed by atoms with E-state index in [1.807, 2.05) is 12.2 Å². The van der Waals surface area contributed by atoms with Crippen LogP contribution in [0, 0.1) is 17.8 Å². The average molecular weight is 415 g/mol. The molecule has 2 saturated carbocycles. The summed E-state index contributed by atoms with van der Waals surface area (Å²) in [5, 5.41) is 31.6. The van der Waals surface area contributed by atoms with Crippen LogP contribution >= 0.6 is 11.8 Å². The first kappa shape index (κ1) is 23.7. The van der Waals surface area contributed by atoms with Crippen molar-refractivity contribution in [3.05, 3.63) is 12.2 Å². The second-order valence-electron chi connectivity index (χ2n) is 8.50. The van der Waals surface area contributed by atoms with Gasteiger partial charge in [0, 0.05) is 12.3 Å². The predicted octanol–water partition coefficient (Wildman–Crippen LogP) is 3.31. The van der Waals surface area contributed by atoms with Crippen LogP contribution in [0.4, 0.5) is 0 Å². The molecule has 2 fully saturated rings. The molecule has 0 saturated heterocycles. The van der Waals surface area contributed by atoms with Gasteiger partial charge in [0.2, 0.25) is 0 Å². The fraction of sp³-hybridized carbons (Fsp3) is 0.864. The standard InChI is InChI=1S/C22H38O5S/c1-3-11-22(26,16-9-10-16)12-6-8-18-17(19(23)14-20(18)24)7-4-5-13-28-15-21(25)27-2/h6,8,16-20,23-24,26H,3-5,7,9-15H2,1-2H3/t17-,18-,19-,20-,22?/m1/s1. The van der Waals surface area contributed by atoms with Crippen LogP contribution in [-0.2, 0) is 9.53 Å². The minimum absolute atomic E-state index is 0.0391. The molecule has 0 aromatic heterocycles. The van der Waals surface area contributed by atoms with Crippen LogP contribution in [0.5, 0.6) is 0 Å². The molecule has 6 heteroatoms. The number of carbonyl (C=O) groups excluding carboxylic acids is 1. The smallest absolute Gasteiger partial charge is 0.315 e. The zero-order chi connectivity index (χ0) is 20.6. The van der Waals surface area contributed by atoms with Crippen molar-refractivity contribution < 1.29 is 24.9 Å². The van der Waals surface area contributed by atoms with Gasteiger partial charge in [-0.05, 0) is 56.1 Å². The van der Waals surface area contributed by atoms with Crippen molar-refractivity contribution in [3.63, 3.8) is 0 Å². The number of aliphatic hydroxyl groups excluding tert-OH is 2. The van der Waals surface area contributed by atoms with Crippen molar-refractivity contribution >= 4 is 17.7 Å².